The fraction of sp³-hybridized carbons (Fsp3) is 0.391. The first-order chi connectivity index (χ1) is 17.9. The molecule has 2 unspecified atom stereocenters. The van der Waals surface area contributed by atoms with Crippen molar-refractivity contribution < 1.29 is 28.9 Å². The van der Waals surface area contributed by atoms with Crippen LogP contribution in [-0.4, -0.2) is 62.3 Å². The summed E-state index contributed by atoms with van der Waals surface area (Å²) in [7, 11) is 0. The van der Waals surface area contributed by atoms with E-state index in [0.717, 1.165) is 30.6 Å². The van der Waals surface area contributed by atoms with Crippen molar-refractivity contribution in [3.63, 3.8) is 0 Å². The van der Waals surface area contributed by atoms with Crippen LogP contribution in [0.1, 0.15) is 29.1 Å². The fourth-order valence-electron chi connectivity index (χ4n) is 4.59. The van der Waals surface area contributed by atoms with E-state index in [0.29, 0.717) is 17.9 Å². The fourth-order valence-corrected chi connectivity index (χ4v) is 7.55. The number of oxime groups is 1. The average Bonchev–Trinajstić information content (AvgIpc) is 3.50. The summed E-state index contributed by atoms with van der Waals surface area (Å²) in [4.78, 5) is 50.3. The minimum atomic E-state index is -1.15. The van der Waals surface area contributed by atoms with Crippen molar-refractivity contribution >= 4 is 63.1 Å². The summed E-state index contributed by atoms with van der Waals surface area (Å²) in [6.45, 7) is 4.04. The number of β-lactam (4-membered cyclic amide) rings is 1. The van der Waals surface area contributed by atoms with Crippen molar-refractivity contribution in [2.45, 2.75) is 43.6 Å². The lowest BCUT2D eigenvalue weighted by Gasteiger charge is -2.49. The van der Waals surface area contributed by atoms with Crippen LogP contribution in [0.2, 0.25) is 0 Å². The molecule has 0 saturated carbocycles. The van der Waals surface area contributed by atoms with Crippen LogP contribution in [0, 0.1) is 0 Å². The molecule has 0 spiro atoms. The first-order valence-corrected chi connectivity index (χ1v) is 14.4. The zero-order valence-corrected chi connectivity index (χ0v) is 22.2. The number of hydrogen-bond acceptors (Lipinski definition) is 10. The van der Waals surface area contributed by atoms with Crippen LogP contribution < -0.4 is 15.6 Å². The van der Waals surface area contributed by atoms with Gasteiger partial charge in [-0.15, -0.1) is 23.1 Å². The minimum absolute atomic E-state index is 0.00186. The van der Waals surface area contributed by atoms with Crippen LogP contribution in [0.3, 0.4) is 0 Å². The van der Waals surface area contributed by atoms with Gasteiger partial charge in [0.1, 0.15) is 29.4 Å². The molecule has 194 valence electrons. The molecule has 4 heterocycles. The number of aryl methyl sites for hydroxylation is 1. The number of hydrogen-bond donors (Lipinski definition) is 3. The summed E-state index contributed by atoms with van der Waals surface area (Å²) in [5.41, 5.74) is 9.77. The molecule has 2 aliphatic heterocycles. The van der Waals surface area contributed by atoms with Crippen LogP contribution in [0.4, 0.5) is 5.13 Å². The number of thiazole rings is 2. The predicted molar refractivity (Wildman–Crippen MR) is 140 cm³/mol. The van der Waals surface area contributed by atoms with Gasteiger partial charge in [-0.2, -0.15) is 4.57 Å². The second-order valence-corrected chi connectivity index (χ2v) is 11.6. The summed E-state index contributed by atoms with van der Waals surface area (Å²) in [5.74, 6) is -1.87. The van der Waals surface area contributed by atoms with Gasteiger partial charge in [0.25, 0.3) is 11.8 Å². The summed E-state index contributed by atoms with van der Waals surface area (Å²) >= 11 is 4.27. The Labute approximate surface area is 224 Å². The second kappa shape index (κ2) is 10.6. The van der Waals surface area contributed by atoms with Gasteiger partial charge in [0.2, 0.25) is 5.51 Å². The predicted octanol–water partition coefficient (Wildman–Crippen LogP) is 1.30. The Morgan fingerprint density at radius 3 is 2.92 bits per heavy atom. The number of carboxylic acid groups (broad SMARTS) is 1. The lowest BCUT2D eigenvalue weighted by molar-refractivity contribution is -0.692. The number of fused-ring (bicyclic) bond motifs is 2. The van der Waals surface area contributed by atoms with Gasteiger partial charge in [-0.1, -0.05) is 29.1 Å². The molecule has 11 nitrogen and oxygen atoms in total. The molecule has 0 bridgehead atoms. The maximum Gasteiger partial charge on any atom is 0.352 e. The van der Waals surface area contributed by atoms with Gasteiger partial charge in [-0.3, -0.25) is 14.5 Å². The maximum atomic E-state index is 13.1. The Bertz CT molecular complexity index is 1330. The summed E-state index contributed by atoms with van der Waals surface area (Å²) < 4.78 is 2.12. The second-order valence-electron chi connectivity index (χ2n) is 8.64. The number of aromatic nitrogens is 2. The summed E-state index contributed by atoms with van der Waals surface area (Å²) in [6, 6.07) is -0.907. The molecule has 5 rings (SSSR count). The summed E-state index contributed by atoms with van der Waals surface area (Å²) in [6.07, 6.45) is 5.80. The first kappa shape index (κ1) is 25.4. The van der Waals surface area contributed by atoms with Crippen molar-refractivity contribution in [1.82, 2.24) is 15.2 Å². The highest BCUT2D eigenvalue weighted by atomic mass is 32.2. The van der Waals surface area contributed by atoms with E-state index in [9.17, 15) is 19.5 Å². The van der Waals surface area contributed by atoms with E-state index in [4.69, 9.17) is 10.6 Å². The van der Waals surface area contributed by atoms with Crippen molar-refractivity contribution in [3.8, 4) is 0 Å². The van der Waals surface area contributed by atoms with Crippen molar-refractivity contribution in [3.05, 3.63) is 51.1 Å². The standard InChI is InChI=1S/C23H24N6O5S3/c1-2-7-34-27-16(13-10-36-23(24)25-13)19(30)26-17-20(31)29-18(22(32)33)12(9-35-21(17)29)8-28-11-37-15-6-4-3-5-14(15)28/h2,10-11,17,21H,1,3-9H2,(H3-,24,25,26,30,32,33)/p+1/b27-16-. The maximum absolute atomic E-state index is 13.1. The van der Waals surface area contributed by atoms with E-state index in [2.05, 4.69) is 26.6 Å². The Morgan fingerprint density at radius 2 is 2.19 bits per heavy atom. The molecular weight excluding hydrogens is 536 g/mol. The van der Waals surface area contributed by atoms with E-state index in [1.807, 2.05) is 5.51 Å². The average molecular weight is 562 g/mol. The number of carbonyl (C=O) groups excluding carboxylic acids is 2. The topological polar surface area (TPSA) is 151 Å². The van der Waals surface area contributed by atoms with Gasteiger partial charge in [0.15, 0.2) is 23.1 Å². The molecule has 0 aromatic carbocycles. The minimum Gasteiger partial charge on any atom is -0.477 e. The molecule has 37 heavy (non-hydrogen) atoms. The number of aliphatic carboxylic acids is 1. The Balaban J connectivity index is 1.34. The number of nitrogen functional groups attached to an aromatic ring is 1. The Hall–Kier alpha value is -3.23. The summed E-state index contributed by atoms with van der Waals surface area (Å²) in [5, 5.41) is 17.8. The van der Waals surface area contributed by atoms with E-state index in [1.54, 1.807) is 16.7 Å². The van der Waals surface area contributed by atoms with Crippen LogP contribution >= 0.6 is 34.4 Å². The zero-order valence-electron chi connectivity index (χ0n) is 19.7. The number of carboxylic acids is 1. The Morgan fingerprint density at radius 1 is 1.38 bits per heavy atom. The molecule has 2 atom stereocenters. The lowest BCUT2D eigenvalue weighted by Crippen LogP contribution is -2.71. The highest BCUT2D eigenvalue weighted by molar-refractivity contribution is 8.00. The number of anilines is 1. The molecule has 2 aromatic rings. The number of amides is 2. The molecule has 1 saturated heterocycles. The normalized spacial score (nSPS) is 21.1. The van der Waals surface area contributed by atoms with Gasteiger partial charge in [0, 0.05) is 23.1 Å². The van der Waals surface area contributed by atoms with E-state index >= 15 is 0 Å². The van der Waals surface area contributed by atoms with Crippen LogP contribution in [-0.2, 0) is 38.6 Å². The molecule has 0 radical (unpaired) electrons. The van der Waals surface area contributed by atoms with Crippen LogP contribution in [0.25, 0.3) is 0 Å². The molecular formula is C23H25N6O5S3+. The molecule has 1 fully saturated rings. The number of nitrogens with one attached hydrogen (secondary N) is 1. The monoisotopic (exact) mass is 561 g/mol. The number of carbonyl (C=O) groups is 3. The van der Waals surface area contributed by atoms with Gasteiger partial charge in [-0.25, -0.2) is 9.78 Å². The highest BCUT2D eigenvalue weighted by Crippen LogP contribution is 2.40. The molecule has 2 amide bonds. The van der Waals surface area contributed by atoms with Gasteiger partial charge < -0.3 is 21.0 Å². The zero-order chi connectivity index (χ0) is 26.1. The SMILES string of the molecule is C=CCO/N=C(\C(=O)NC1C(=O)N2C(C(=O)O)=C(C[n+]3csc4c3CCCC4)CSC12)c1csc(N)n1. The highest BCUT2D eigenvalue weighted by Gasteiger charge is 2.55. The third-order valence-electron chi connectivity index (χ3n) is 6.28. The van der Waals surface area contributed by atoms with E-state index < -0.39 is 29.2 Å². The van der Waals surface area contributed by atoms with E-state index in [-0.39, 0.29) is 28.8 Å². The number of rotatable bonds is 9. The third kappa shape index (κ3) is 4.88. The molecule has 2 aromatic heterocycles. The molecule has 3 aliphatic rings. The smallest absolute Gasteiger partial charge is 0.352 e. The van der Waals surface area contributed by atoms with Crippen LogP contribution in [0.15, 0.2) is 40.0 Å². The van der Waals surface area contributed by atoms with Gasteiger partial charge >= 0.3 is 5.97 Å². The number of nitrogens with two attached hydrogens (primary N) is 1. The van der Waals surface area contributed by atoms with Gasteiger partial charge in [0.05, 0.1) is 4.88 Å². The third-order valence-corrected chi connectivity index (χ3v) is 9.38. The lowest BCUT2D eigenvalue weighted by atomic mass is 10.0. The molecule has 4 N–H and O–H groups in total. The van der Waals surface area contributed by atoms with Crippen molar-refractivity contribution in [2.24, 2.45) is 5.16 Å². The molecule has 1 aliphatic carbocycles. The molecule has 14 heteroatoms. The number of nitrogens with zero attached hydrogens (tertiary/aromatic N) is 4. The van der Waals surface area contributed by atoms with Gasteiger partial charge in [-0.05, 0) is 19.3 Å². The van der Waals surface area contributed by atoms with Crippen molar-refractivity contribution in [1.29, 1.82) is 0 Å². The Kier molecular flexibility index (Phi) is 7.31. The largest absolute Gasteiger partial charge is 0.477 e. The van der Waals surface area contributed by atoms with E-state index in [1.165, 1.54) is 39.7 Å². The number of thioether (sulfide) groups is 1. The first-order valence-electron chi connectivity index (χ1n) is 11.6. The van der Waals surface area contributed by atoms with Crippen molar-refractivity contribution in [2.75, 3.05) is 18.1 Å². The van der Waals surface area contributed by atoms with Crippen LogP contribution in [0.5, 0.6) is 0 Å². The quantitative estimate of drug-likeness (QED) is 0.104.